The van der Waals surface area contributed by atoms with Crippen LogP contribution in [0.4, 0.5) is 8.78 Å². The summed E-state index contributed by atoms with van der Waals surface area (Å²) < 4.78 is 19.2. The minimum Gasteiger partial charge on any atom is -0.358 e. The van der Waals surface area contributed by atoms with Crippen LogP contribution in [0.2, 0.25) is 0 Å². The van der Waals surface area contributed by atoms with Crippen LogP contribution in [0.25, 0.3) is 0 Å². The first-order valence-corrected chi connectivity index (χ1v) is 2.08. The third-order valence-corrected chi connectivity index (χ3v) is 0.592. The third kappa shape index (κ3) is 3.02. The predicted octanol–water partition coefficient (Wildman–Crippen LogP) is 1.38. The Kier molecular flexibility index (Phi) is 2.23. The molecule has 0 rings (SSSR count). The minimum atomic E-state index is -3.11. The fourth-order valence-electron chi connectivity index (χ4n) is 0. The van der Waals surface area contributed by atoms with Gasteiger partial charge in [0, 0.05) is 0 Å². The van der Waals surface area contributed by atoms with Crippen LogP contribution in [-0.2, 0) is 0 Å². The fraction of sp³-hybridized carbons (Fsp3) is 1.00. The molecule has 44 valence electrons. The van der Waals surface area contributed by atoms with E-state index >= 15 is 0 Å². The van der Waals surface area contributed by atoms with Gasteiger partial charge >= 0.3 is 0 Å². The SMILES string of the molecule is OC(Cl)(Cl)C(F)F. The van der Waals surface area contributed by atoms with Crippen LogP contribution in [0.1, 0.15) is 0 Å². The van der Waals surface area contributed by atoms with Gasteiger partial charge in [-0.15, -0.1) is 0 Å². The van der Waals surface area contributed by atoms with Gasteiger partial charge in [0.1, 0.15) is 0 Å². The maximum atomic E-state index is 11.0. The fourth-order valence-corrected chi connectivity index (χ4v) is 0. The molecule has 1 nitrogen and oxygen atoms in total. The average Bonchev–Trinajstić information content (AvgIpc) is 1.31. The summed E-state index contributed by atoms with van der Waals surface area (Å²) in [7, 11) is 0. The molecule has 5 heteroatoms. The van der Waals surface area contributed by atoms with Crippen molar-refractivity contribution in [1.82, 2.24) is 0 Å². The highest BCUT2D eigenvalue weighted by Gasteiger charge is 2.31. The molecule has 0 aromatic heterocycles. The van der Waals surface area contributed by atoms with E-state index in [0.717, 1.165) is 0 Å². The van der Waals surface area contributed by atoms with Crippen molar-refractivity contribution in [3.05, 3.63) is 0 Å². The molecular weight excluding hydrogens is 149 g/mol. The number of aliphatic hydroxyl groups is 1. The van der Waals surface area contributed by atoms with Gasteiger partial charge in [-0.3, -0.25) is 0 Å². The van der Waals surface area contributed by atoms with E-state index in [-0.39, 0.29) is 0 Å². The highest BCUT2D eigenvalue weighted by atomic mass is 35.5. The van der Waals surface area contributed by atoms with Crippen molar-refractivity contribution in [1.29, 1.82) is 0 Å². The number of rotatable bonds is 1. The average molecular weight is 151 g/mol. The van der Waals surface area contributed by atoms with Crippen molar-refractivity contribution >= 4 is 23.2 Å². The summed E-state index contributed by atoms with van der Waals surface area (Å²) in [6, 6.07) is 0. The lowest BCUT2D eigenvalue weighted by Crippen LogP contribution is -2.21. The number of hydrogen-bond acceptors (Lipinski definition) is 1. The predicted molar refractivity (Wildman–Crippen MR) is 22.7 cm³/mol. The Hall–Kier alpha value is 0.400. The van der Waals surface area contributed by atoms with Gasteiger partial charge in [0.2, 0.25) is 0 Å². The number of alkyl halides is 4. The van der Waals surface area contributed by atoms with Crippen LogP contribution in [-0.4, -0.2) is 16.1 Å². The molecule has 0 fully saturated rings. The Balaban J connectivity index is 3.54. The Morgan fingerprint density at radius 2 is 1.57 bits per heavy atom. The van der Waals surface area contributed by atoms with E-state index in [1.165, 1.54) is 0 Å². The summed E-state index contributed by atoms with van der Waals surface area (Å²) in [6.45, 7) is 0. The van der Waals surface area contributed by atoms with Crippen molar-refractivity contribution in [2.24, 2.45) is 0 Å². The first-order valence-electron chi connectivity index (χ1n) is 1.33. The van der Waals surface area contributed by atoms with E-state index in [9.17, 15) is 8.78 Å². The van der Waals surface area contributed by atoms with Gasteiger partial charge in [0.05, 0.1) is 0 Å². The van der Waals surface area contributed by atoms with Gasteiger partial charge < -0.3 is 5.11 Å². The molecular formula is C2H2Cl2F2O. The van der Waals surface area contributed by atoms with Crippen molar-refractivity contribution < 1.29 is 13.9 Å². The molecule has 0 saturated heterocycles. The molecule has 0 aromatic carbocycles. The van der Waals surface area contributed by atoms with Crippen LogP contribution in [0.15, 0.2) is 0 Å². The van der Waals surface area contributed by atoms with Gasteiger partial charge in [-0.05, 0) is 0 Å². The van der Waals surface area contributed by atoms with Crippen molar-refractivity contribution in [2.45, 2.75) is 10.9 Å². The summed E-state index contributed by atoms with van der Waals surface area (Å²) in [6.07, 6.45) is -3.11. The maximum Gasteiger partial charge on any atom is 0.295 e. The molecule has 0 radical (unpaired) electrons. The van der Waals surface area contributed by atoms with Gasteiger partial charge in [-0.25, -0.2) is 8.78 Å². The molecule has 0 aliphatic heterocycles. The smallest absolute Gasteiger partial charge is 0.295 e. The van der Waals surface area contributed by atoms with Gasteiger partial charge in [-0.2, -0.15) is 0 Å². The molecule has 0 atom stereocenters. The molecule has 0 heterocycles. The summed E-state index contributed by atoms with van der Waals surface area (Å²) in [5.41, 5.74) is 0. The van der Waals surface area contributed by atoms with Crippen molar-refractivity contribution in [3.63, 3.8) is 0 Å². The van der Waals surface area contributed by atoms with E-state index in [4.69, 9.17) is 5.11 Å². The quantitative estimate of drug-likeness (QED) is 0.561. The van der Waals surface area contributed by atoms with E-state index in [0.29, 0.717) is 0 Å². The highest BCUT2D eigenvalue weighted by Crippen LogP contribution is 2.24. The van der Waals surface area contributed by atoms with E-state index in [1.54, 1.807) is 0 Å². The minimum absolute atomic E-state index is 2.89. The summed E-state index contributed by atoms with van der Waals surface area (Å²) in [5.74, 6) is 0. The zero-order valence-corrected chi connectivity index (χ0v) is 4.55. The lowest BCUT2D eigenvalue weighted by atomic mass is 10.8. The second-order valence-electron chi connectivity index (χ2n) is 0.888. The molecule has 0 aliphatic rings. The standard InChI is InChI=1S/C2H2Cl2F2O/c3-2(4,7)1(5)6/h1,7H. The Morgan fingerprint density at radius 1 is 1.43 bits per heavy atom. The summed E-state index contributed by atoms with van der Waals surface area (Å²) in [5, 5.41) is 7.88. The number of hydrogen-bond donors (Lipinski definition) is 1. The van der Waals surface area contributed by atoms with E-state index < -0.39 is 10.9 Å². The topological polar surface area (TPSA) is 20.2 Å². The molecule has 0 amide bonds. The van der Waals surface area contributed by atoms with Crippen LogP contribution in [0.3, 0.4) is 0 Å². The Morgan fingerprint density at radius 3 is 1.57 bits per heavy atom. The molecule has 7 heavy (non-hydrogen) atoms. The van der Waals surface area contributed by atoms with Crippen molar-refractivity contribution in [3.8, 4) is 0 Å². The van der Waals surface area contributed by atoms with Gasteiger partial charge in [0.25, 0.3) is 10.9 Å². The second-order valence-corrected chi connectivity index (χ2v) is 2.23. The number of halogens is 4. The Labute approximate surface area is 48.8 Å². The normalized spacial score (nSPS) is 12.9. The van der Waals surface area contributed by atoms with Crippen LogP contribution >= 0.6 is 23.2 Å². The molecule has 1 N–H and O–H groups in total. The molecule has 0 spiro atoms. The maximum absolute atomic E-state index is 11.0. The second kappa shape index (κ2) is 2.11. The summed E-state index contributed by atoms with van der Waals surface area (Å²) >= 11 is 8.88. The zero-order valence-electron chi connectivity index (χ0n) is 3.04. The largest absolute Gasteiger partial charge is 0.358 e. The van der Waals surface area contributed by atoms with E-state index in [1.807, 2.05) is 0 Å². The van der Waals surface area contributed by atoms with Gasteiger partial charge in [-0.1, -0.05) is 23.2 Å². The first-order chi connectivity index (χ1) is 2.94. The van der Waals surface area contributed by atoms with Crippen LogP contribution in [0.5, 0.6) is 0 Å². The third-order valence-electron chi connectivity index (χ3n) is 0.263. The van der Waals surface area contributed by atoms with Crippen LogP contribution < -0.4 is 0 Å². The summed E-state index contributed by atoms with van der Waals surface area (Å²) in [4.78, 5) is 0. The first kappa shape index (κ1) is 7.40. The molecule has 0 aliphatic carbocycles. The monoisotopic (exact) mass is 150 g/mol. The molecule has 0 unspecified atom stereocenters. The lowest BCUT2D eigenvalue weighted by Gasteiger charge is -2.07. The highest BCUT2D eigenvalue weighted by molar-refractivity contribution is 6.47. The lowest BCUT2D eigenvalue weighted by molar-refractivity contribution is 0.0171. The van der Waals surface area contributed by atoms with Crippen LogP contribution in [0, 0.1) is 0 Å². The molecule has 0 aromatic rings. The Bertz CT molecular complexity index is 59.2. The molecule has 0 bridgehead atoms. The van der Waals surface area contributed by atoms with E-state index in [2.05, 4.69) is 23.2 Å². The van der Waals surface area contributed by atoms with Gasteiger partial charge in [0.15, 0.2) is 0 Å². The zero-order chi connectivity index (χ0) is 6.08. The molecule has 0 saturated carbocycles. The van der Waals surface area contributed by atoms with Crippen molar-refractivity contribution in [2.75, 3.05) is 0 Å².